The third kappa shape index (κ3) is 3.72. The van der Waals surface area contributed by atoms with Gasteiger partial charge in [-0.25, -0.2) is 0 Å². The Morgan fingerprint density at radius 2 is 1.61 bits per heavy atom. The van der Waals surface area contributed by atoms with Gasteiger partial charge in [-0.05, 0) is 32.0 Å². The van der Waals surface area contributed by atoms with Crippen LogP contribution in [0.15, 0.2) is 42.5 Å². The number of aromatic hydroxyl groups is 1. The van der Waals surface area contributed by atoms with Crippen molar-refractivity contribution in [1.82, 2.24) is 0 Å². The van der Waals surface area contributed by atoms with E-state index in [9.17, 15) is 14.7 Å². The molecule has 0 aliphatic heterocycles. The molecule has 1 N–H and O–H groups in total. The number of phenolic OH excluding ortho intramolecular Hbond substituents is 1. The Kier molecular flexibility index (Phi) is 5.76. The average Bonchev–Trinajstić information content (AvgIpc) is 2.55. The molecule has 0 heterocycles. The number of anilines is 1. The van der Waals surface area contributed by atoms with Crippen molar-refractivity contribution in [3.63, 3.8) is 0 Å². The predicted octanol–water partition coefficient (Wildman–Crippen LogP) is 4.04. The first-order valence-corrected chi connectivity index (χ1v) is 8.49. The predicted molar refractivity (Wildman–Crippen MR) is 99.9 cm³/mol. The van der Waals surface area contributed by atoms with Crippen molar-refractivity contribution < 1.29 is 14.7 Å². The van der Waals surface area contributed by atoms with Crippen LogP contribution in [-0.4, -0.2) is 27.8 Å². The molecule has 2 aromatic carbocycles. The first-order valence-electron chi connectivity index (χ1n) is 7.41. The van der Waals surface area contributed by atoms with Crippen molar-refractivity contribution in [3.05, 3.63) is 59.2 Å². The zero-order chi connectivity index (χ0) is 17.0. The van der Waals surface area contributed by atoms with Crippen molar-refractivity contribution in [2.24, 2.45) is 0 Å². The number of ketones is 1. The lowest BCUT2D eigenvalue weighted by Crippen LogP contribution is -2.21. The monoisotopic (exact) mass is 423 g/mol. The zero-order valence-corrected chi connectivity index (χ0v) is 15.2. The van der Waals surface area contributed by atoms with E-state index in [1.807, 2.05) is 19.9 Å². The van der Waals surface area contributed by atoms with Crippen LogP contribution in [0.4, 0.5) is 5.69 Å². The molecular weight excluding hydrogens is 405 g/mol. The van der Waals surface area contributed by atoms with Gasteiger partial charge in [-0.2, -0.15) is 0 Å². The van der Waals surface area contributed by atoms with Gasteiger partial charge in [0.05, 0.1) is 5.56 Å². The van der Waals surface area contributed by atoms with Gasteiger partial charge in [0.1, 0.15) is 5.75 Å². The third-order valence-electron chi connectivity index (χ3n) is 3.74. The van der Waals surface area contributed by atoms with Gasteiger partial charge >= 0.3 is 0 Å². The second-order valence-corrected chi connectivity index (χ2v) is 6.00. The molecule has 23 heavy (non-hydrogen) atoms. The minimum absolute atomic E-state index is 0.0740. The number of nitrogens with zero attached hydrogens (tertiary/aromatic N) is 1. The lowest BCUT2D eigenvalue weighted by molar-refractivity contribution is 0.102. The first kappa shape index (κ1) is 17.5. The molecule has 0 aliphatic rings. The summed E-state index contributed by atoms with van der Waals surface area (Å²) in [5.41, 5.74) is 1.72. The van der Waals surface area contributed by atoms with Crippen LogP contribution in [0.1, 0.15) is 40.1 Å². The quantitative estimate of drug-likeness (QED) is 0.433. The molecule has 4 nitrogen and oxygen atoms in total. The van der Waals surface area contributed by atoms with E-state index in [2.05, 4.69) is 4.90 Å². The Labute approximate surface area is 149 Å². The summed E-state index contributed by atoms with van der Waals surface area (Å²) >= 11 is 1.66. The molecule has 120 valence electrons. The first-order chi connectivity index (χ1) is 11.0. The Hall–Kier alpha value is -1.89. The molecule has 0 spiro atoms. The lowest BCUT2D eigenvalue weighted by Gasteiger charge is -2.21. The molecule has 0 bridgehead atoms. The fourth-order valence-corrected chi connectivity index (χ4v) is 2.97. The SMILES string of the molecule is CCN(CC)c1ccc(C(=O)c2ccccc2C(=O)I)c(O)c1. The fourth-order valence-electron chi connectivity index (χ4n) is 2.50. The van der Waals surface area contributed by atoms with Crippen molar-refractivity contribution >= 4 is 37.9 Å². The highest BCUT2D eigenvalue weighted by atomic mass is 127. The highest BCUT2D eigenvalue weighted by Crippen LogP contribution is 2.28. The molecule has 0 aromatic heterocycles. The number of hydrogen-bond donors (Lipinski definition) is 1. The Morgan fingerprint density at radius 3 is 2.13 bits per heavy atom. The van der Waals surface area contributed by atoms with E-state index in [4.69, 9.17) is 0 Å². The largest absolute Gasteiger partial charge is 0.507 e. The molecule has 0 amide bonds. The van der Waals surface area contributed by atoms with Crippen molar-refractivity contribution in [3.8, 4) is 5.75 Å². The summed E-state index contributed by atoms with van der Waals surface area (Å²) in [6, 6.07) is 11.7. The van der Waals surface area contributed by atoms with Crippen LogP contribution in [0.2, 0.25) is 0 Å². The maximum atomic E-state index is 12.7. The van der Waals surface area contributed by atoms with Crippen molar-refractivity contribution in [2.45, 2.75) is 13.8 Å². The summed E-state index contributed by atoms with van der Waals surface area (Å²) in [4.78, 5) is 26.4. The number of carbonyl (C=O) groups is 2. The highest BCUT2D eigenvalue weighted by molar-refractivity contribution is 14.1. The van der Waals surface area contributed by atoms with E-state index in [1.165, 1.54) is 0 Å². The van der Waals surface area contributed by atoms with Crippen LogP contribution in [-0.2, 0) is 0 Å². The van der Waals surface area contributed by atoms with Gasteiger partial charge in [0.25, 0.3) is 0 Å². The molecule has 0 atom stereocenters. The minimum Gasteiger partial charge on any atom is -0.507 e. The fraction of sp³-hybridized carbons (Fsp3) is 0.222. The average molecular weight is 423 g/mol. The van der Waals surface area contributed by atoms with Crippen LogP contribution in [0, 0.1) is 0 Å². The standard InChI is InChI=1S/C18H18INO3/c1-3-20(4-2)12-9-10-15(16(21)11-12)17(22)13-7-5-6-8-14(13)18(19)23/h5-11,21H,3-4H2,1-2H3. The summed E-state index contributed by atoms with van der Waals surface area (Å²) in [6.07, 6.45) is 0. The van der Waals surface area contributed by atoms with Gasteiger partial charge in [0.15, 0.2) is 5.78 Å². The van der Waals surface area contributed by atoms with Gasteiger partial charge in [-0.1, -0.05) is 18.2 Å². The number of phenols is 1. The van der Waals surface area contributed by atoms with Crippen LogP contribution in [0.3, 0.4) is 0 Å². The van der Waals surface area contributed by atoms with E-state index in [1.54, 1.807) is 59.0 Å². The maximum Gasteiger partial charge on any atom is 0.223 e. The number of carbonyl (C=O) groups excluding carboxylic acids is 2. The number of benzene rings is 2. The number of hydrogen-bond acceptors (Lipinski definition) is 4. The molecule has 0 saturated heterocycles. The van der Waals surface area contributed by atoms with E-state index in [0.717, 1.165) is 18.8 Å². The topological polar surface area (TPSA) is 57.6 Å². The highest BCUT2D eigenvalue weighted by Gasteiger charge is 2.19. The van der Waals surface area contributed by atoms with Crippen molar-refractivity contribution in [1.29, 1.82) is 0 Å². The van der Waals surface area contributed by atoms with Gasteiger partial charge in [0, 0.05) is 58.6 Å². The smallest absolute Gasteiger partial charge is 0.223 e. The van der Waals surface area contributed by atoms with Crippen LogP contribution < -0.4 is 4.90 Å². The molecular formula is C18H18INO3. The minimum atomic E-state index is -0.353. The molecule has 2 rings (SSSR count). The molecule has 0 fully saturated rings. The van der Waals surface area contributed by atoms with E-state index >= 15 is 0 Å². The molecule has 0 aliphatic carbocycles. The second-order valence-electron chi connectivity index (χ2n) is 5.02. The zero-order valence-electron chi connectivity index (χ0n) is 13.0. The normalized spacial score (nSPS) is 10.4. The molecule has 2 aromatic rings. The number of rotatable bonds is 6. The van der Waals surface area contributed by atoms with Gasteiger partial charge in [0.2, 0.25) is 3.79 Å². The Bertz CT molecular complexity index is 739. The lowest BCUT2D eigenvalue weighted by atomic mass is 9.98. The van der Waals surface area contributed by atoms with Crippen LogP contribution in [0.5, 0.6) is 5.75 Å². The summed E-state index contributed by atoms with van der Waals surface area (Å²) in [7, 11) is 0. The van der Waals surface area contributed by atoms with E-state index in [0.29, 0.717) is 11.1 Å². The molecule has 0 radical (unpaired) electrons. The van der Waals surface area contributed by atoms with Gasteiger partial charge in [-0.15, -0.1) is 0 Å². The summed E-state index contributed by atoms with van der Waals surface area (Å²) in [5.74, 6) is -0.427. The second kappa shape index (κ2) is 7.59. The van der Waals surface area contributed by atoms with Crippen LogP contribution in [0.25, 0.3) is 0 Å². The summed E-state index contributed by atoms with van der Waals surface area (Å²) < 4.78 is -0.203. The van der Waals surface area contributed by atoms with E-state index < -0.39 is 0 Å². The van der Waals surface area contributed by atoms with Crippen molar-refractivity contribution in [2.75, 3.05) is 18.0 Å². The molecule has 5 heteroatoms. The van der Waals surface area contributed by atoms with E-state index in [-0.39, 0.29) is 20.9 Å². The Balaban J connectivity index is 2.43. The van der Waals surface area contributed by atoms with Gasteiger partial charge < -0.3 is 10.0 Å². The Morgan fingerprint density at radius 1 is 1.00 bits per heavy atom. The summed E-state index contributed by atoms with van der Waals surface area (Å²) in [5, 5.41) is 10.3. The molecule has 0 unspecified atom stereocenters. The van der Waals surface area contributed by atoms with Crippen LogP contribution >= 0.6 is 22.6 Å². The summed E-state index contributed by atoms with van der Waals surface area (Å²) in [6.45, 7) is 5.69. The third-order valence-corrected chi connectivity index (χ3v) is 4.32. The number of halogens is 1. The molecule has 0 saturated carbocycles. The van der Waals surface area contributed by atoms with Gasteiger partial charge in [-0.3, -0.25) is 9.59 Å². The maximum absolute atomic E-state index is 12.7.